The third kappa shape index (κ3) is 5.85. The van der Waals surface area contributed by atoms with Crippen LogP contribution in [-0.2, 0) is 14.3 Å². The average Bonchev–Trinajstić information content (AvgIpc) is 2.95. The van der Waals surface area contributed by atoms with Crippen molar-refractivity contribution in [3.63, 3.8) is 0 Å². The van der Waals surface area contributed by atoms with E-state index in [4.69, 9.17) is 4.74 Å². The van der Waals surface area contributed by atoms with Gasteiger partial charge in [0.25, 0.3) is 0 Å². The Bertz CT molecular complexity index is 580. The lowest BCUT2D eigenvalue weighted by Gasteiger charge is -2.18. The van der Waals surface area contributed by atoms with Crippen LogP contribution in [0, 0.1) is 19.8 Å². The van der Waals surface area contributed by atoms with Crippen LogP contribution >= 0.6 is 0 Å². The van der Waals surface area contributed by atoms with Gasteiger partial charge in [-0.1, -0.05) is 19.4 Å². The topological polar surface area (TPSA) is 58.6 Å². The van der Waals surface area contributed by atoms with Gasteiger partial charge >= 0.3 is 0 Å². The third-order valence-electron chi connectivity index (χ3n) is 4.42. The van der Waals surface area contributed by atoms with Gasteiger partial charge in [-0.3, -0.25) is 9.59 Å². The van der Waals surface area contributed by atoms with Crippen molar-refractivity contribution in [3.8, 4) is 0 Å². The zero-order chi connectivity index (χ0) is 18.2. The number of hydrogen-bond donors (Lipinski definition) is 1. The summed E-state index contributed by atoms with van der Waals surface area (Å²) < 4.78 is 5.48. The summed E-state index contributed by atoms with van der Waals surface area (Å²) in [5, 5.41) is 2.93. The normalized spacial score (nSPS) is 17.2. The molecular weight excluding hydrogens is 316 g/mol. The first-order chi connectivity index (χ1) is 12.0. The number of carbonyl (C=O) groups excluding carboxylic acids is 2. The van der Waals surface area contributed by atoms with Crippen molar-refractivity contribution in [2.24, 2.45) is 5.92 Å². The molecule has 1 aliphatic heterocycles. The second-order valence-corrected chi connectivity index (χ2v) is 6.86. The van der Waals surface area contributed by atoms with Crippen LogP contribution in [0.5, 0.6) is 0 Å². The lowest BCUT2D eigenvalue weighted by atomic mass is 10.1. The molecule has 1 unspecified atom stereocenters. The van der Waals surface area contributed by atoms with Crippen LogP contribution in [0.2, 0.25) is 0 Å². The zero-order valence-electron chi connectivity index (χ0n) is 15.6. The zero-order valence-corrected chi connectivity index (χ0v) is 15.6. The van der Waals surface area contributed by atoms with Crippen molar-refractivity contribution in [1.29, 1.82) is 0 Å². The summed E-state index contributed by atoms with van der Waals surface area (Å²) in [5.74, 6) is -0.281. The van der Waals surface area contributed by atoms with Gasteiger partial charge in [0.1, 0.15) is 0 Å². The Morgan fingerprint density at radius 3 is 2.56 bits per heavy atom. The summed E-state index contributed by atoms with van der Waals surface area (Å²) in [6.07, 6.45) is 3.29. The number of anilines is 1. The fourth-order valence-corrected chi connectivity index (χ4v) is 3.12. The Kier molecular flexibility index (Phi) is 7.44. The van der Waals surface area contributed by atoms with Gasteiger partial charge in [-0.15, -0.1) is 0 Å². The Hall–Kier alpha value is -1.88. The number of rotatable bonds is 9. The smallest absolute Gasteiger partial charge is 0.227 e. The summed E-state index contributed by atoms with van der Waals surface area (Å²) in [6, 6.07) is 6.08. The molecule has 2 rings (SSSR count). The number of amides is 2. The van der Waals surface area contributed by atoms with Gasteiger partial charge in [-0.25, -0.2) is 0 Å². The molecule has 0 aromatic heterocycles. The van der Waals surface area contributed by atoms with Gasteiger partial charge in [0.15, 0.2) is 0 Å². The summed E-state index contributed by atoms with van der Waals surface area (Å²) in [6.45, 7) is 8.67. The van der Waals surface area contributed by atoms with Crippen LogP contribution in [0.25, 0.3) is 0 Å². The van der Waals surface area contributed by atoms with Crippen molar-refractivity contribution in [1.82, 2.24) is 5.32 Å². The molecule has 1 atom stereocenters. The number of nitrogens with one attached hydrogen (secondary N) is 1. The molecule has 0 bridgehead atoms. The minimum absolute atomic E-state index is 0.0213. The van der Waals surface area contributed by atoms with E-state index in [0.717, 1.165) is 42.7 Å². The number of benzene rings is 1. The van der Waals surface area contributed by atoms with Gasteiger partial charge in [-0.2, -0.15) is 0 Å². The van der Waals surface area contributed by atoms with Crippen LogP contribution in [0.4, 0.5) is 5.69 Å². The molecule has 0 aliphatic carbocycles. The van der Waals surface area contributed by atoms with Crippen LogP contribution < -0.4 is 10.2 Å². The molecule has 1 N–H and O–H groups in total. The van der Waals surface area contributed by atoms with Crippen molar-refractivity contribution in [2.75, 3.05) is 31.2 Å². The molecule has 1 aromatic rings. The highest BCUT2D eigenvalue weighted by Gasteiger charge is 2.35. The Morgan fingerprint density at radius 2 is 1.88 bits per heavy atom. The summed E-state index contributed by atoms with van der Waals surface area (Å²) >= 11 is 0. The Balaban J connectivity index is 1.78. The predicted octanol–water partition coefficient (Wildman–Crippen LogP) is 2.98. The molecule has 0 spiro atoms. The first-order valence-electron chi connectivity index (χ1n) is 9.25. The minimum atomic E-state index is -0.269. The van der Waals surface area contributed by atoms with Crippen LogP contribution in [0.1, 0.15) is 43.7 Å². The SMILES string of the molecule is CCCCOCCCNC(=O)C1CC(=O)N(c2cc(C)cc(C)c2)C1. The summed E-state index contributed by atoms with van der Waals surface area (Å²) in [5.41, 5.74) is 3.14. The number of unbranched alkanes of at least 4 members (excludes halogenated alkanes) is 1. The van der Waals surface area contributed by atoms with Gasteiger partial charge in [0, 0.05) is 38.4 Å². The maximum absolute atomic E-state index is 12.3. The van der Waals surface area contributed by atoms with E-state index >= 15 is 0 Å². The predicted molar refractivity (Wildman–Crippen MR) is 99.7 cm³/mol. The Morgan fingerprint density at radius 1 is 1.20 bits per heavy atom. The third-order valence-corrected chi connectivity index (χ3v) is 4.42. The van der Waals surface area contributed by atoms with Gasteiger partial charge in [0.2, 0.25) is 11.8 Å². The molecule has 1 heterocycles. The number of hydrogen-bond acceptors (Lipinski definition) is 3. The lowest BCUT2D eigenvalue weighted by molar-refractivity contribution is -0.126. The van der Waals surface area contributed by atoms with Crippen molar-refractivity contribution in [2.45, 2.75) is 46.5 Å². The highest BCUT2D eigenvalue weighted by molar-refractivity contribution is 6.00. The second-order valence-electron chi connectivity index (χ2n) is 6.86. The van der Waals surface area contributed by atoms with E-state index in [-0.39, 0.29) is 24.2 Å². The quantitative estimate of drug-likeness (QED) is 0.699. The van der Waals surface area contributed by atoms with Gasteiger partial charge in [0.05, 0.1) is 5.92 Å². The largest absolute Gasteiger partial charge is 0.381 e. The summed E-state index contributed by atoms with van der Waals surface area (Å²) in [4.78, 5) is 26.4. The molecule has 1 saturated heterocycles. The van der Waals surface area contributed by atoms with Gasteiger partial charge < -0.3 is 15.0 Å². The van der Waals surface area contributed by atoms with Gasteiger partial charge in [-0.05, 0) is 49.9 Å². The Labute approximate surface area is 150 Å². The number of aryl methyl sites for hydroxylation is 2. The van der Waals surface area contributed by atoms with Crippen LogP contribution in [-0.4, -0.2) is 38.1 Å². The van der Waals surface area contributed by atoms with Crippen molar-refractivity contribution >= 4 is 17.5 Å². The van der Waals surface area contributed by atoms with E-state index in [1.807, 2.05) is 26.0 Å². The highest BCUT2D eigenvalue weighted by atomic mass is 16.5. The first-order valence-corrected chi connectivity index (χ1v) is 9.25. The molecule has 5 nitrogen and oxygen atoms in total. The molecule has 25 heavy (non-hydrogen) atoms. The van der Waals surface area contributed by atoms with E-state index in [2.05, 4.69) is 18.3 Å². The molecule has 5 heteroatoms. The minimum Gasteiger partial charge on any atom is -0.381 e. The van der Waals surface area contributed by atoms with Crippen molar-refractivity contribution in [3.05, 3.63) is 29.3 Å². The molecule has 1 aliphatic rings. The molecular formula is C20H30N2O3. The van der Waals surface area contributed by atoms with E-state index in [1.165, 1.54) is 0 Å². The first kappa shape index (κ1) is 19.4. The maximum Gasteiger partial charge on any atom is 0.227 e. The second kappa shape index (κ2) is 9.56. The summed E-state index contributed by atoms with van der Waals surface area (Å²) in [7, 11) is 0. The lowest BCUT2D eigenvalue weighted by Crippen LogP contribution is -2.33. The van der Waals surface area contributed by atoms with E-state index in [1.54, 1.807) is 4.90 Å². The standard InChI is InChI=1S/C20H30N2O3/c1-4-5-8-25-9-6-7-21-20(24)17-13-19(23)22(14-17)18-11-15(2)10-16(3)12-18/h10-12,17H,4-9,13-14H2,1-3H3,(H,21,24). The van der Waals surface area contributed by atoms with Crippen LogP contribution in [0.3, 0.4) is 0 Å². The fraction of sp³-hybridized carbons (Fsp3) is 0.600. The molecule has 1 fully saturated rings. The highest BCUT2D eigenvalue weighted by Crippen LogP contribution is 2.27. The molecule has 138 valence electrons. The average molecular weight is 346 g/mol. The number of carbonyl (C=O) groups is 2. The number of nitrogens with zero attached hydrogens (tertiary/aromatic N) is 1. The maximum atomic E-state index is 12.3. The molecule has 2 amide bonds. The van der Waals surface area contributed by atoms with E-state index < -0.39 is 0 Å². The number of ether oxygens (including phenoxy) is 1. The molecule has 0 saturated carbocycles. The monoisotopic (exact) mass is 346 g/mol. The fourth-order valence-electron chi connectivity index (χ4n) is 3.12. The van der Waals surface area contributed by atoms with E-state index in [9.17, 15) is 9.59 Å². The molecule has 1 aromatic carbocycles. The van der Waals surface area contributed by atoms with Crippen LogP contribution in [0.15, 0.2) is 18.2 Å². The van der Waals surface area contributed by atoms with E-state index in [0.29, 0.717) is 19.7 Å². The van der Waals surface area contributed by atoms with Crippen molar-refractivity contribution < 1.29 is 14.3 Å². The molecule has 0 radical (unpaired) electrons.